The summed E-state index contributed by atoms with van der Waals surface area (Å²) in [7, 11) is 0. The zero-order valence-corrected chi connectivity index (χ0v) is 17.2. The lowest BCUT2D eigenvalue weighted by Crippen LogP contribution is -2.45. The van der Waals surface area contributed by atoms with Crippen LogP contribution < -0.4 is 21.3 Å². The van der Waals surface area contributed by atoms with Gasteiger partial charge < -0.3 is 21.3 Å². The molecule has 3 aromatic rings. The fourth-order valence-corrected chi connectivity index (χ4v) is 4.38. The number of thioether (sulfide) groups is 1. The maximum Gasteiger partial charge on any atom is 0.266 e. The van der Waals surface area contributed by atoms with Crippen molar-refractivity contribution in [3.63, 3.8) is 0 Å². The van der Waals surface area contributed by atoms with Gasteiger partial charge in [-0.25, -0.2) is 4.52 Å². The smallest absolute Gasteiger partial charge is 0.266 e. The van der Waals surface area contributed by atoms with Gasteiger partial charge in [0.1, 0.15) is 17.3 Å². The third-order valence-electron chi connectivity index (χ3n) is 5.10. The van der Waals surface area contributed by atoms with E-state index in [9.17, 15) is 9.59 Å². The van der Waals surface area contributed by atoms with Gasteiger partial charge in [0.2, 0.25) is 11.9 Å². The van der Waals surface area contributed by atoms with Gasteiger partial charge in [-0.05, 0) is 25.0 Å². The average Bonchev–Trinajstić information content (AvgIpc) is 3.53. The molecule has 3 aromatic heterocycles. The zero-order valence-electron chi connectivity index (χ0n) is 16.4. The minimum Gasteiger partial charge on any atom is -0.364 e. The van der Waals surface area contributed by atoms with Gasteiger partial charge in [-0.2, -0.15) is 10.1 Å². The first-order valence-corrected chi connectivity index (χ1v) is 10.8. The number of aromatic amines is 1. The Balaban J connectivity index is 1.43. The van der Waals surface area contributed by atoms with Crippen LogP contribution >= 0.6 is 11.8 Å². The normalized spacial score (nSPS) is 18.4. The van der Waals surface area contributed by atoms with Crippen molar-refractivity contribution in [2.75, 3.05) is 29.1 Å². The molecule has 0 spiro atoms. The Morgan fingerprint density at radius 1 is 1.35 bits per heavy atom. The molecule has 12 nitrogen and oxygen atoms in total. The molecule has 0 radical (unpaired) electrons. The van der Waals surface area contributed by atoms with Crippen molar-refractivity contribution in [3.8, 4) is 0 Å². The molecule has 160 valence electrons. The Morgan fingerprint density at radius 3 is 3.03 bits per heavy atom. The van der Waals surface area contributed by atoms with Gasteiger partial charge >= 0.3 is 0 Å². The van der Waals surface area contributed by atoms with Crippen molar-refractivity contribution < 1.29 is 9.59 Å². The number of amidine groups is 1. The Labute approximate surface area is 180 Å². The quantitative estimate of drug-likeness (QED) is 0.446. The van der Waals surface area contributed by atoms with Crippen molar-refractivity contribution in [1.82, 2.24) is 30.1 Å². The second-order valence-electron chi connectivity index (χ2n) is 7.13. The van der Waals surface area contributed by atoms with E-state index in [2.05, 4.69) is 35.9 Å². The first kappa shape index (κ1) is 19.4. The van der Waals surface area contributed by atoms with E-state index in [4.69, 9.17) is 5.73 Å². The van der Waals surface area contributed by atoms with Gasteiger partial charge in [0.25, 0.3) is 5.91 Å². The van der Waals surface area contributed by atoms with Crippen LogP contribution in [0.4, 0.5) is 17.6 Å². The summed E-state index contributed by atoms with van der Waals surface area (Å²) in [6.45, 7) is 1.39. The van der Waals surface area contributed by atoms with Crippen LogP contribution in [-0.2, 0) is 4.79 Å². The van der Waals surface area contributed by atoms with Crippen LogP contribution in [0.5, 0.6) is 0 Å². The summed E-state index contributed by atoms with van der Waals surface area (Å²) in [5.74, 6) is 1.50. The molecule has 0 aliphatic carbocycles. The number of rotatable bonds is 5. The van der Waals surface area contributed by atoms with E-state index in [-0.39, 0.29) is 17.6 Å². The van der Waals surface area contributed by atoms with E-state index in [1.54, 1.807) is 22.5 Å². The molecule has 13 heteroatoms. The summed E-state index contributed by atoms with van der Waals surface area (Å²) in [5.41, 5.74) is 6.19. The molecule has 0 unspecified atom stereocenters. The highest BCUT2D eigenvalue weighted by Crippen LogP contribution is 2.27. The largest absolute Gasteiger partial charge is 0.364 e. The van der Waals surface area contributed by atoms with Crippen molar-refractivity contribution in [2.24, 2.45) is 10.7 Å². The van der Waals surface area contributed by atoms with Crippen LogP contribution in [0.25, 0.3) is 5.52 Å². The highest BCUT2D eigenvalue weighted by molar-refractivity contribution is 8.14. The van der Waals surface area contributed by atoms with Gasteiger partial charge in [-0.15, -0.1) is 5.10 Å². The number of anilines is 3. The molecular weight excluding hydrogens is 420 g/mol. The van der Waals surface area contributed by atoms with E-state index in [0.29, 0.717) is 35.7 Å². The van der Waals surface area contributed by atoms with E-state index < -0.39 is 5.91 Å². The molecule has 2 amide bonds. The second-order valence-corrected chi connectivity index (χ2v) is 8.21. The Hall–Kier alpha value is -3.61. The third kappa shape index (κ3) is 3.79. The summed E-state index contributed by atoms with van der Waals surface area (Å²) in [4.78, 5) is 35.1. The molecule has 0 saturated carbocycles. The lowest BCUT2D eigenvalue weighted by molar-refractivity contribution is -0.120. The van der Waals surface area contributed by atoms with Crippen LogP contribution in [0.15, 0.2) is 29.4 Å². The molecule has 31 heavy (non-hydrogen) atoms. The first-order chi connectivity index (χ1) is 15.1. The number of H-pyrrole nitrogens is 1. The predicted molar refractivity (Wildman–Crippen MR) is 117 cm³/mol. The number of hydrogen-bond donors (Lipinski definition) is 4. The van der Waals surface area contributed by atoms with Crippen molar-refractivity contribution in [1.29, 1.82) is 0 Å². The number of nitrogens with one attached hydrogen (secondary N) is 3. The Kier molecular flexibility index (Phi) is 4.94. The molecule has 5 N–H and O–H groups in total. The van der Waals surface area contributed by atoms with Crippen molar-refractivity contribution in [2.45, 2.75) is 18.9 Å². The fourth-order valence-electron chi connectivity index (χ4n) is 3.65. The highest BCUT2D eigenvalue weighted by Gasteiger charge is 2.34. The van der Waals surface area contributed by atoms with Crippen LogP contribution in [-0.4, -0.2) is 66.7 Å². The standard InChI is InChI=1S/C18H20N10O2S/c19-14(29)10-9-13(25-24-10)21-15-11-3-2-7-28(11)26-17(22-15)27-6-1-4-12(27)16(30)23-18-20-5-8-31-18/h2-3,7,9,12H,1,4-6,8H2,(H2,19,29)(H,20,23,30)(H2,21,22,24,25,26)/t12-/m0/s1. The van der Waals surface area contributed by atoms with Gasteiger partial charge in [-0.3, -0.25) is 19.7 Å². The molecule has 0 bridgehead atoms. The summed E-state index contributed by atoms with van der Waals surface area (Å²) < 4.78 is 1.69. The number of amides is 2. The molecule has 1 saturated heterocycles. The molecule has 5 rings (SSSR count). The number of carbonyl (C=O) groups is 2. The molecule has 1 fully saturated rings. The maximum atomic E-state index is 12.9. The van der Waals surface area contributed by atoms with E-state index in [1.807, 2.05) is 17.0 Å². The molecular formula is C18H20N10O2S. The van der Waals surface area contributed by atoms with Crippen LogP contribution in [0.3, 0.4) is 0 Å². The summed E-state index contributed by atoms with van der Waals surface area (Å²) in [6.07, 6.45) is 3.37. The number of fused-ring (bicyclic) bond motifs is 1. The Morgan fingerprint density at radius 2 is 2.26 bits per heavy atom. The lowest BCUT2D eigenvalue weighted by atomic mass is 10.2. The fraction of sp³-hybridized carbons (Fsp3) is 0.333. The maximum absolute atomic E-state index is 12.9. The van der Waals surface area contributed by atoms with Crippen molar-refractivity contribution in [3.05, 3.63) is 30.1 Å². The SMILES string of the molecule is NC(=O)c1cc(Nc2nc(N3CCC[C@H]3C(=O)NC3=NCCS3)nn3cccc23)n[nH]1. The number of hydrogen-bond acceptors (Lipinski definition) is 9. The van der Waals surface area contributed by atoms with Crippen LogP contribution in [0, 0.1) is 0 Å². The van der Waals surface area contributed by atoms with Gasteiger partial charge in [-0.1, -0.05) is 11.8 Å². The summed E-state index contributed by atoms with van der Waals surface area (Å²) >= 11 is 1.55. The molecule has 2 aliphatic heterocycles. The molecule has 2 aliphatic rings. The predicted octanol–water partition coefficient (Wildman–Crippen LogP) is 0.483. The van der Waals surface area contributed by atoms with E-state index in [0.717, 1.165) is 24.2 Å². The second kappa shape index (κ2) is 7.91. The summed E-state index contributed by atoms with van der Waals surface area (Å²) in [5, 5.41) is 17.9. The molecule has 1 atom stereocenters. The topological polar surface area (TPSA) is 159 Å². The Bertz CT molecular complexity index is 1190. The van der Waals surface area contributed by atoms with Gasteiger partial charge in [0.05, 0.1) is 6.54 Å². The van der Waals surface area contributed by atoms with Gasteiger partial charge in [0, 0.05) is 24.6 Å². The lowest BCUT2D eigenvalue weighted by Gasteiger charge is -2.24. The van der Waals surface area contributed by atoms with Crippen molar-refractivity contribution >= 4 is 51.8 Å². The summed E-state index contributed by atoms with van der Waals surface area (Å²) in [6, 6.07) is 4.84. The highest BCUT2D eigenvalue weighted by atomic mass is 32.2. The number of primary amides is 1. The van der Waals surface area contributed by atoms with Gasteiger partial charge in [0.15, 0.2) is 16.8 Å². The van der Waals surface area contributed by atoms with E-state index in [1.165, 1.54) is 6.07 Å². The zero-order chi connectivity index (χ0) is 21.4. The number of carbonyl (C=O) groups excluding carboxylic acids is 2. The monoisotopic (exact) mass is 440 g/mol. The van der Waals surface area contributed by atoms with Crippen LogP contribution in [0.1, 0.15) is 23.3 Å². The molecule has 0 aromatic carbocycles. The number of nitrogens with two attached hydrogens (primary N) is 1. The first-order valence-electron chi connectivity index (χ1n) is 9.81. The minimum atomic E-state index is -0.604. The molecule has 5 heterocycles. The number of aliphatic imine (C=N–C) groups is 1. The van der Waals surface area contributed by atoms with E-state index >= 15 is 0 Å². The van der Waals surface area contributed by atoms with Crippen LogP contribution in [0.2, 0.25) is 0 Å². The number of aromatic nitrogens is 5. The minimum absolute atomic E-state index is 0.102. The third-order valence-corrected chi connectivity index (χ3v) is 5.99. The average molecular weight is 440 g/mol. The number of nitrogens with zero attached hydrogens (tertiary/aromatic N) is 6.